The van der Waals surface area contributed by atoms with Gasteiger partial charge in [-0.2, -0.15) is 0 Å². The predicted molar refractivity (Wildman–Crippen MR) is 78.2 cm³/mol. The van der Waals surface area contributed by atoms with Crippen molar-refractivity contribution in [2.24, 2.45) is 11.1 Å². The van der Waals surface area contributed by atoms with E-state index in [9.17, 15) is 9.59 Å². The van der Waals surface area contributed by atoms with Crippen LogP contribution in [-0.2, 0) is 9.53 Å². The predicted octanol–water partition coefficient (Wildman–Crippen LogP) is 2.68. The normalized spacial score (nSPS) is 22.4. The van der Waals surface area contributed by atoms with Gasteiger partial charge in [0.15, 0.2) is 0 Å². The maximum absolute atomic E-state index is 12.3. The number of carbonyl (C=O) groups excluding carboxylic acids is 2. The van der Waals surface area contributed by atoms with Gasteiger partial charge in [-0.1, -0.05) is 13.8 Å². The van der Waals surface area contributed by atoms with Crippen molar-refractivity contribution in [1.29, 1.82) is 0 Å². The van der Waals surface area contributed by atoms with Crippen LogP contribution in [0, 0.1) is 5.41 Å². The van der Waals surface area contributed by atoms with Gasteiger partial charge in [-0.3, -0.25) is 9.69 Å². The van der Waals surface area contributed by atoms with Gasteiger partial charge in [0.2, 0.25) is 5.91 Å². The van der Waals surface area contributed by atoms with E-state index >= 15 is 0 Å². The van der Waals surface area contributed by atoms with E-state index in [1.807, 2.05) is 20.8 Å². The maximum Gasteiger partial charge on any atom is 0.410 e. The van der Waals surface area contributed by atoms with Crippen LogP contribution in [0.25, 0.3) is 0 Å². The molecule has 0 bridgehead atoms. The Hall–Kier alpha value is -1.26. The quantitative estimate of drug-likeness (QED) is 0.866. The van der Waals surface area contributed by atoms with Gasteiger partial charge in [-0.05, 0) is 51.9 Å². The molecule has 0 aromatic carbocycles. The third kappa shape index (κ3) is 3.87. The standard InChI is InChI=1S/C15H28N2O3/c1-6-15(7-2)9-8-11(12(16)18)17(10-15)13(19)20-14(3,4)5/h11H,6-10H2,1-5H3,(H2,16,18). The lowest BCUT2D eigenvalue weighted by molar-refractivity contribution is -0.126. The first kappa shape index (κ1) is 16.8. The fourth-order valence-electron chi connectivity index (χ4n) is 2.78. The third-order valence-corrected chi connectivity index (χ3v) is 4.29. The topological polar surface area (TPSA) is 72.6 Å². The number of nitrogens with two attached hydrogens (primary N) is 1. The van der Waals surface area contributed by atoms with Gasteiger partial charge in [0.25, 0.3) is 0 Å². The monoisotopic (exact) mass is 284 g/mol. The Balaban J connectivity index is 2.94. The van der Waals surface area contributed by atoms with Crippen LogP contribution in [0.4, 0.5) is 4.79 Å². The molecule has 5 nitrogen and oxygen atoms in total. The summed E-state index contributed by atoms with van der Waals surface area (Å²) in [5.74, 6) is -0.448. The highest BCUT2D eigenvalue weighted by Gasteiger charge is 2.42. The average molecular weight is 284 g/mol. The molecule has 1 aliphatic heterocycles. The number of hydrogen-bond acceptors (Lipinski definition) is 3. The first-order valence-corrected chi connectivity index (χ1v) is 7.43. The van der Waals surface area contributed by atoms with Crippen molar-refractivity contribution in [3.8, 4) is 0 Å². The second kappa shape index (κ2) is 6.02. The van der Waals surface area contributed by atoms with Crippen molar-refractivity contribution >= 4 is 12.0 Å². The zero-order chi connectivity index (χ0) is 15.6. The molecular formula is C15H28N2O3. The lowest BCUT2D eigenvalue weighted by Crippen LogP contribution is -2.56. The van der Waals surface area contributed by atoms with Crippen LogP contribution in [0.3, 0.4) is 0 Å². The van der Waals surface area contributed by atoms with Crippen molar-refractivity contribution in [3.63, 3.8) is 0 Å². The van der Waals surface area contributed by atoms with E-state index in [2.05, 4.69) is 13.8 Å². The molecule has 1 unspecified atom stereocenters. The number of rotatable bonds is 3. The molecule has 1 aliphatic rings. The highest BCUT2D eigenvalue weighted by Crippen LogP contribution is 2.39. The number of hydrogen-bond donors (Lipinski definition) is 1. The summed E-state index contributed by atoms with van der Waals surface area (Å²) in [7, 11) is 0. The van der Waals surface area contributed by atoms with E-state index in [-0.39, 0.29) is 5.41 Å². The number of primary amides is 1. The fourth-order valence-corrected chi connectivity index (χ4v) is 2.78. The minimum absolute atomic E-state index is 0.0723. The van der Waals surface area contributed by atoms with Crippen molar-refractivity contribution in [2.75, 3.05) is 6.54 Å². The zero-order valence-electron chi connectivity index (χ0n) is 13.4. The maximum atomic E-state index is 12.3. The Kier molecular flexibility index (Phi) is 5.05. The second-order valence-electron chi connectivity index (χ2n) is 6.77. The summed E-state index contributed by atoms with van der Waals surface area (Å²) in [6, 6.07) is -0.545. The molecule has 1 atom stereocenters. The minimum Gasteiger partial charge on any atom is -0.444 e. The fraction of sp³-hybridized carbons (Fsp3) is 0.867. The largest absolute Gasteiger partial charge is 0.444 e. The number of amides is 2. The average Bonchev–Trinajstić information content (AvgIpc) is 2.35. The van der Waals surface area contributed by atoms with Crippen molar-refractivity contribution < 1.29 is 14.3 Å². The molecular weight excluding hydrogens is 256 g/mol. The summed E-state index contributed by atoms with van der Waals surface area (Å²) >= 11 is 0. The Morgan fingerprint density at radius 2 is 1.85 bits per heavy atom. The van der Waals surface area contributed by atoms with Crippen LogP contribution in [0.1, 0.15) is 60.3 Å². The second-order valence-corrected chi connectivity index (χ2v) is 6.77. The Morgan fingerprint density at radius 3 is 2.25 bits per heavy atom. The van der Waals surface area contributed by atoms with Gasteiger partial charge < -0.3 is 10.5 Å². The van der Waals surface area contributed by atoms with Crippen LogP contribution in [0.15, 0.2) is 0 Å². The number of likely N-dealkylation sites (tertiary alicyclic amines) is 1. The molecule has 2 amide bonds. The Labute approximate surface area is 121 Å². The van der Waals surface area contributed by atoms with Gasteiger partial charge in [-0.25, -0.2) is 4.79 Å². The van der Waals surface area contributed by atoms with Crippen LogP contribution >= 0.6 is 0 Å². The molecule has 0 aliphatic carbocycles. The van der Waals surface area contributed by atoms with Crippen LogP contribution in [0.5, 0.6) is 0 Å². The third-order valence-electron chi connectivity index (χ3n) is 4.29. The molecule has 1 rings (SSSR count). The van der Waals surface area contributed by atoms with Crippen LogP contribution in [0.2, 0.25) is 0 Å². The number of carbonyl (C=O) groups is 2. The molecule has 0 aromatic rings. The van der Waals surface area contributed by atoms with Crippen LogP contribution < -0.4 is 5.73 Å². The summed E-state index contributed by atoms with van der Waals surface area (Å²) in [5, 5.41) is 0. The molecule has 1 fully saturated rings. The molecule has 0 aromatic heterocycles. The molecule has 116 valence electrons. The lowest BCUT2D eigenvalue weighted by Gasteiger charge is -2.45. The SMILES string of the molecule is CCC1(CC)CCC(C(N)=O)N(C(=O)OC(C)(C)C)C1. The zero-order valence-corrected chi connectivity index (χ0v) is 13.4. The highest BCUT2D eigenvalue weighted by atomic mass is 16.6. The molecule has 2 N–H and O–H groups in total. The number of piperidine rings is 1. The van der Waals surface area contributed by atoms with Crippen molar-refractivity contribution in [3.05, 3.63) is 0 Å². The smallest absolute Gasteiger partial charge is 0.410 e. The molecule has 1 heterocycles. The molecule has 1 saturated heterocycles. The number of ether oxygens (including phenoxy) is 1. The summed E-state index contributed by atoms with van der Waals surface area (Å²) in [4.78, 5) is 25.5. The van der Waals surface area contributed by atoms with Gasteiger partial charge in [0.05, 0.1) is 0 Å². The number of nitrogens with zero attached hydrogens (tertiary/aromatic N) is 1. The van der Waals surface area contributed by atoms with Gasteiger partial charge in [0.1, 0.15) is 11.6 Å². The summed E-state index contributed by atoms with van der Waals surface area (Å²) in [6.45, 7) is 10.3. The minimum atomic E-state index is -0.572. The lowest BCUT2D eigenvalue weighted by atomic mass is 9.74. The van der Waals surface area contributed by atoms with E-state index in [1.54, 1.807) is 0 Å². The summed E-state index contributed by atoms with van der Waals surface area (Å²) in [5.41, 5.74) is 4.94. The van der Waals surface area contributed by atoms with Crippen molar-refractivity contribution in [1.82, 2.24) is 4.90 Å². The van der Waals surface area contributed by atoms with E-state index in [4.69, 9.17) is 10.5 Å². The molecule has 20 heavy (non-hydrogen) atoms. The van der Waals surface area contributed by atoms with E-state index in [1.165, 1.54) is 4.90 Å². The highest BCUT2D eigenvalue weighted by molar-refractivity contribution is 5.84. The van der Waals surface area contributed by atoms with E-state index in [0.29, 0.717) is 13.0 Å². The Bertz CT molecular complexity index is 370. The summed E-state index contributed by atoms with van der Waals surface area (Å²) < 4.78 is 5.42. The van der Waals surface area contributed by atoms with Gasteiger partial charge >= 0.3 is 6.09 Å². The first-order valence-electron chi connectivity index (χ1n) is 7.43. The molecule has 5 heteroatoms. The van der Waals surface area contributed by atoms with Crippen molar-refractivity contribution in [2.45, 2.75) is 71.9 Å². The van der Waals surface area contributed by atoms with Gasteiger partial charge in [-0.15, -0.1) is 0 Å². The summed E-state index contributed by atoms with van der Waals surface area (Å²) in [6.07, 6.45) is 3.07. The molecule has 0 radical (unpaired) electrons. The van der Waals surface area contributed by atoms with Crippen LogP contribution in [-0.4, -0.2) is 35.1 Å². The molecule has 0 spiro atoms. The van der Waals surface area contributed by atoms with E-state index < -0.39 is 23.6 Å². The van der Waals surface area contributed by atoms with E-state index in [0.717, 1.165) is 19.3 Å². The Morgan fingerprint density at radius 1 is 1.30 bits per heavy atom. The first-order chi connectivity index (χ1) is 9.14. The van der Waals surface area contributed by atoms with Gasteiger partial charge in [0, 0.05) is 6.54 Å². The molecule has 0 saturated carbocycles.